The fraction of sp³-hybridized carbons (Fsp3) is 0.938. The lowest BCUT2D eigenvalue weighted by Crippen LogP contribution is -2.20. The smallest absolute Gasteiger partial charge is 0.306 e. The van der Waals surface area contributed by atoms with Gasteiger partial charge in [0, 0.05) is 12.8 Å². The number of hydrogen-bond acceptors (Lipinski definition) is 5. The van der Waals surface area contributed by atoms with Crippen molar-refractivity contribution in [3.05, 3.63) is 0 Å². The van der Waals surface area contributed by atoms with E-state index in [9.17, 15) is 9.59 Å². The molecule has 0 aliphatic heterocycles. The highest BCUT2D eigenvalue weighted by Crippen LogP contribution is 2.22. The second-order valence-corrected chi connectivity index (χ2v) is 12.8. The minimum Gasteiger partial charge on any atom is -0.462 e. The molecule has 0 radical (unpaired) electrons. The quantitative estimate of drug-likeness (QED) is 0.101. The van der Waals surface area contributed by atoms with Crippen LogP contribution in [0.1, 0.15) is 167 Å². The molecule has 0 atom stereocenters. The molecule has 0 aromatic heterocycles. The Morgan fingerprint density at radius 2 is 0.784 bits per heavy atom. The van der Waals surface area contributed by atoms with Crippen LogP contribution < -0.4 is 0 Å². The van der Waals surface area contributed by atoms with Crippen LogP contribution in [0.15, 0.2) is 0 Å². The maximum absolute atomic E-state index is 11.9. The van der Waals surface area contributed by atoms with E-state index in [1.54, 1.807) is 0 Å². The van der Waals surface area contributed by atoms with Crippen molar-refractivity contribution < 1.29 is 19.1 Å². The summed E-state index contributed by atoms with van der Waals surface area (Å²) in [5.74, 6) is 2.69. The zero-order valence-electron chi connectivity index (χ0n) is 24.0. The SMILES string of the molecule is O=C(CCCCCCCCCSCCCCCCCCCC(=O)OC1CCCCC1)OC1CCCCC1. The monoisotopic (exact) mass is 538 g/mol. The van der Waals surface area contributed by atoms with Gasteiger partial charge in [0.05, 0.1) is 0 Å². The fourth-order valence-corrected chi connectivity index (χ4v) is 6.69. The van der Waals surface area contributed by atoms with Gasteiger partial charge >= 0.3 is 11.9 Å². The van der Waals surface area contributed by atoms with Crippen molar-refractivity contribution >= 4 is 23.7 Å². The van der Waals surface area contributed by atoms with Gasteiger partial charge in [0.25, 0.3) is 0 Å². The number of hydrogen-bond donors (Lipinski definition) is 0. The van der Waals surface area contributed by atoms with E-state index in [0.717, 1.165) is 38.5 Å². The second kappa shape index (κ2) is 23.2. The molecule has 2 aliphatic rings. The van der Waals surface area contributed by atoms with Gasteiger partial charge in [-0.1, -0.05) is 77.0 Å². The Labute approximate surface area is 233 Å². The number of rotatable bonds is 22. The van der Waals surface area contributed by atoms with Gasteiger partial charge in [-0.25, -0.2) is 0 Å². The lowest BCUT2D eigenvalue weighted by Gasteiger charge is -2.21. The van der Waals surface area contributed by atoms with Gasteiger partial charge in [-0.3, -0.25) is 9.59 Å². The molecule has 2 fully saturated rings. The highest BCUT2D eigenvalue weighted by Gasteiger charge is 2.18. The van der Waals surface area contributed by atoms with Crippen molar-refractivity contribution in [1.82, 2.24) is 0 Å². The number of esters is 2. The summed E-state index contributed by atoms with van der Waals surface area (Å²) in [6, 6.07) is 0. The Morgan fingerprint density at radius 1 is 0.459 bits per heavy atom. The molecule has 0 aromatic carbocycles. The van der Waals surface area contributed by atoms with E-state index in [1.165, 1.54) is 127 Å². The van der Waals surface area contributed by atoms with Crippen molar-refractivity contribution in [1.29, 1.82) is 0 Å². The van der Waals surface area contributed by atoms with E-state index in [2.05, 4.69) is 11.8 Å². The first-order valence-corrected chi connectivity index (χ1v) is 17.4. The van der Waals surface area contributed by atoms with Crippen molar-refractivity contribution in [3.8, 4) is 0 Å². The molecule has 0 unspecified atom stereocenters. The molecule has 0 aromatic rings. The molecular formula is C32H58O4S. The number of thioether (sulfide) groups is 1. The normalized spacial score (nSPS) is 17.1. The molecule has 0 bridgehead atoms. The first-order valence-electron chi connectivity index (χ1n) is 16.2. The minimum absolute atomic E-state index is 0.0346. The van der Waals surface area contributed by atoms with Crippen molar-refractivity contribution in [3.63, 3.8) is 0 Å². The predicted octanol–water partition coefficient (Wildman–Crippen LogP) is 9.71. The second-order valence-electron chi connectivity index (χ2n) is 11.6. The van der Waals surface area contributed by atoms with Crippen LogP contribution in [0.4, 0.5) is 0 Å². The van der Waals surface area contributed by atoms with Crippen LogP contribution >= 0.6 is 11.8 Å². The number of ether oxygens (including phenoxy) is 2. The van der Waals surface area contributed by atoms with Gasteiger partial charge in [-0.15, -0.1) is 0 Å². The third-order valence-corrected chi connectivity index (χ3v) is 9.19. The standard InChI is InChI=1S/C32H58O4S/c33-31(35-29-21-13-11-14-22-29)25-17-7-3-1-5-9-19-27-37-28-20-10-6-2-4-8-18-26-32(34)36-30-23-15-12-16-24-30/h29-30H,1-28H2. The summed E-state index contributed by atoms with van der Waals surface area (Å²) in [5.41, 5.74) is 0. The van der Waals surface area contributed by atoms with Gasteiger partial charge < -0.3 is 9.47 Å². The summed E-state index contributed by atoms with van der Waals surface area (Å²) < 4.78 is 11.2. The number of carbonyl (C=O) groups is 2. The predicted molar refractivity (Wildman–Crippen MR) is 157 cm³/mol. The molecule has 0 spiro atoms. The van der Waals surface area contributed by atoms with Gasteiger partial charge in [0.2, 0.25) is 0 Å². The van der Waals surface area contributed by atoms with Crippen LogP contribution in [0.2, 0.25) is 0 Å². The molecule has 37 heavy (non-hydrogen) atoms. The van der Waals surface area contributed by atoms with E-state index in [-0.39, 0.29) is 24.1 Å². The third kappa shape index (κ3) is 19.1. The molecule has 0 saturated heterocycles. The van der Waals surface area contributed by atoms with E-state index < -0.39 is 0 Å². The largest absolute Gasteiger partial charge is 0.462 e. The lowest BCUT2D eigenvalue weighted by molar-refractivity contribution is -0.151. The molecule has 216 valence electrons. The Morgan fingerprint density at radius 3 is 1.16 bits per heavy atom. The van der Waals surface area contributed by atoms with Crippen molar-refractivity contribution in [2.24, 2.45) is 0 Å². The highest BCUT2D eigenvalue weighted by molar-refractivity contribution is 7.99. The Bertz CT molecular complexity index is 507. The van der Waals surface area contributed by atoms with E-state index >= 15 is 0 Å². The first kappa shape index (κ1) is 32.5. The summed E-state index contributed by atoms with van der Waals surface area (Å²) >= 11 is 2.13. The summed E-state index contributed by atoms with van der Waals surface area (Å²) in [5, 5.41) is 0. The van der Waals surface area contributed by atoms with Crippen LogP contribution in [0.3, 0.4) is 0 Å². The summed E-state index contributed by atoms with van der Waals surface area (Å²) in [4.78, 5) is 23.8. The highest BCUT2D eigenvalue weighted by atomic mass is 32.2. The Hall–Kier alpha value is -0.710. The van der Waals surface area contributed by atoms with Crippen LogP contribution in [0.5, 0.6) is 0 Å². The zero-order chi connectivity index (χ0) is 26.2. The molecule has 4 nitrogen and oxygen atoms in total. The fourth-order valence-electron chi connectivity index (χ4n) is 5.67. The maximum Gasteiger partial charge on any atom is 0.306 e. The van der Waals surface area contributed by atoms with E-state index in [0.29, 0.717) is 12.8 Å². The Balaban J connectivity index is 1.21. The van der Waals surface area contributed by atoms with Crippen LogP contribution in [0, 0.1) is 0 Å². The topological polar surface area (TPSA) is 52.6 Å². The molecule has 0 heterocycles. The summed E-state index contributed by atoms with van der Waals surface area (Å²) in [6.07, 6.45) is 31.0. The molecular weight excluding hydrogens is 480 g/mol. The molecule has 0 amide bonds. The van der Waals surface area contributed by atoms with E-state index in [1.807, 2.05) is 0 Å². The molecule has 2 saturated carbocycles. The molecule has 2 rings (SSSR count). The molecule has 2 aliphatic carbocycles. The van der Waals surface area contributed by atoms with E-state index in [4.69, 9.17) is 9.47 Å². The van der Waals surface area contributed by atoms with Crippen molar-refractivity contribution in [2.75, 3.05) is 11.5 Å². The van der Waals surface area contributed by atoms with Crippen LogP contribution in [-0.2, 0) is 19.1 Å². The Kier molecular flexibility index (Phi) is 20.4. The molecule has 5 heteroatoms. The third-order valence-electron chi connectivity index (χ3n) is 8.04. The van der Waals surface area contributed by atoms with Crippen molar-refractivity contribution in [2.45, 2.75) is 179 Å². The van der Waals surface area contributed by atoms with Crippen LogP contribution in [-0.4, -0.2) is 35.7 Å². The summed E-state index contributed by atoms with van der Waals surface area (Å²) in [6.45, 7) is 0. The van der Waals surface area contributed by atoms with Gasteiger partial charge in [0.15, 0.2) is 0 Å². The van der Waals surface area contributed by atoms with Gasteiger partial charge in [-0.05, 0) is 88.6 Å². The van der Waals surface area contributed by atoms with Gasteiger partial charge in [-0.2, -0.15) is 11.8 Å². The first-order chi connectivity index (χ1) is 18.2. The van der Waals surface area contributed by atoms with Gasteiger partial charge in [0.1, 0.15) is 12.2 Å². The average molecular weight is 539 g/mol. The average Bonchev–Trinajstić information content (AvgIpc) is 2.91. The number of unbranched alkanes of at least 4 members (excludes halogenated alkanes) is 12. The minimum atomic E-state index is 0.0346. The summed E-state index contributed by atoms with van der Waals surface area (Å²) in [7, 11) is 0. The number of carbonyl (C=O) groups excluding carboxylic acids is 2. The van der Waals surface area contributed by atoms with Crippen LogP contribution in [0.25, 0.3) is 0 Å². The molecule has 0 N–H and O–H groups in total. The zero-order valence-corrected chi connectivity index (χ0v) is 24.8. The maximum atomic E-state index is 11.9. The lowest BCUT2D eigenvalue weighted by atomic mass is 9.98.